The number of rotatable bonds is 4. The molecule has 1 aromatic rings. The quantitative estimate of drug-likeness (QED) is 0.896. The summed E-state index contributed by atoms with van der Waals surface area (Å²) in [6.07, 6.45) is 0.935. The van der Waals surface area contributed by atoms with Gasteiger partial charge in [0, 0.05) is 12.6 Å². The molecule has 0 aliphatic carbocycles. The van der Waals surface area contributed by atoms with Crippen LogP contribution in [0.5, 0.6) is 5.75 Å². The number of nitrogens with one attached hydrogen (secondary N) is 1. The molecule has 1 aliphatic heterocycles. The Hall–Kier alpha value is -0.770. The van der Waals surface area contributed by atoms with Crippen molar-refractivity contribution in [1.29, 1.82) is 0 Å². The van der Waals surface area contributed by atoms with Gasteiger partial charge in [-0.1, -0.05) is 17.7 Å². The second-order valence-corrected chi connectivity index (χ2v) is 4.70. The maximum absolute atomic E-state index is 6.05. The Labute approximate surface area is 107 Å². The fourth-order valence-corrected chi connectivity index (χ4v) is 2.01. The molecule has 0 radical (unpaired) electrons. The Morgan fingerprint density at radius 1 is 1.53 bits per heavy atom. The minimum Gasteiger partial charge on any atom is -0.492 e. The van der Waals surface area contributed by atoms with Crippen LogP contribution in [-0.4, -0.2) is 32.4 Å². The van der Waals surface area contributed by atoms with Gasteiger partial charge in [-0.3, -0.25) is 0 Å². The van der Waals surface area contributed by atoms with Gasteiger partial charge in [0.1, 0.15) is 5.75 Å². The normalized spacial score (nSPS) is 20.2. The van der Waals surface area contributed by atoms with Gasteiger partial charge in [-0.2, -0.15) is 0 Å². The Morgan fingerprint density at radius 3 is 3.18 bits per heavy atom. The molecule has 1 heterocycles. The van der Waals surface area contributed by atoms with E-state index in [0.29, 0.717) is 17.7 Å². The van der Waals surface area contributed by atoms with Crippen molar-refractivity contribution in [3.05, 3.63) is 28.8 Å². The van der Waals surface area contributed by atoms with Gasteiger partial charge in [-0.25, -0.2) is 0 Å². The first-order valence-electron chi connectivity index (χ1n) is 5.96. The predicted molar refractivity (Wildman–Crippen MR) is 68.9 cm³/mol. The molecule has 1 aliphatic rings. The second-order valence-electron chi connectivity index (χ2n) is 4.30. The minimum atomic E-state index is 0.396. The molecule has 1 atom stereocenters. The SMILES string of the molecule is Cc1ccc(Cl)c(OCCC2COCCN2)c1. The molecule has 1 fully saturated rings. The predicted octanol–water partition coefficient (Wildman–Crippen LogP) is 2.41. The van der Waals surface area contributed by atoms with Crippen LogP contribution >= 0.6 is 11.6 Å². The lowest BCUT2D eigenvalue weighted by Crippen LogP contribution is -2.41. The maximum atomic E-state index is 6.05. The zero-order valence-corrected chi connectivity index (χ0v) is 10.8. The van der Waals surface area contributed by atoms with Crippen molar-refractivity contribution in [1.82, 2.24) is 5.32 Å². The van der Waals surface area contributed by atoms with Gasteiger partial charge < -0.3 is 14.8 Å². The summed E-state index contributed by atoms with van der Waals surface area (Å²) in [5.74, 6) is 0.767. The molecule has 1 aromatic carbocycles. The van der Waals surface area contributed by atoms with Crippen molar-refractivity contribution in [3.63, 3.8) is 0 Å². The van der Waals surface area contributed by atoms with Gasteiger partial charge in [0.25, 0.3) is 0 Å². The molecular formula is C13H18ClNO2. The van der Waals surface area contributed by atoms with E-state index >= 15 is 0 Å². The summed E-state index contributed by atoms with van der Waals surface area (Å²) in [4.78, 5) is 0. The van der Waals surface area contributed by atoms with E-state index in [-0.39, 0.29) is 0 Å². The van der Waals surface area contributed by atoms with Crippen LogP contribution in [0.2, 0.25) is 5.02 Å². The summed E-state index contributed by atoms with van der Waals surface area (Å²) in [5.41, 5.74) is 1.16. The van der Waals surface area contributed by atoms with E-state index in [2.05, 4.69) is 5.32 Å². The van der Waals surface area contributed by atoms with Crippen LogP contribution in [0.1, 0.15) is 12.0 Å². The van der Waals surface area contributed by atoms with Crippen LogP contribution in [0, 0.1) is 6.92 Å². The molecular weight excluding hydrogens is 238 g/mol. The molecule has 1 N–H and O–H groups in total. The van der Waals surface area contributed by atoms with Gasteiger partial charge in [0.2, 0.25) is 0 Å². The molecule has 0 amide bonds. The molecule has 17 heavy (non-hydrogen) atoms. The van der Waals surface area contributed by atoms with Crippen LogP contribution in [0.15, 0.2) is 18.2 Å². The van der Waals surface area contributed by atoms with Gasteiger partial charge >= 0.3 is 0 Å². The standard InChI is InChI=1S/C13H18ClNO2/c1-10-2-3-12(14)13(8-10)17-6-4-11-9-16-7-5-15-11/h2-3,8,11,15H,4-7,9H2,1H3. The Bertz CT molecular complexity index is 364. The minimum absolute atomic E-state index is 0.396. The third kappa shape index (κ3) is 3.87. The van der Waals surface area contributed by atoms with Crippen molar-refractivity contribution in [2.75, 3.05) is 26.4 Å². The van der Waals surface area contributed by atoms with Crippen molar-refractivity contribution >= 4 is 11.6 Å². The molecule has 94 valence electrons. The number of halogens is 1. The molecule has 3 nitrogen and oxygen atoms in total. The van der Waals surface area contributed by atoms with Crippen LogP contribution < -0.4 is 10.1 Å². The van der Waals surface area contributed by atoms with Crippen molar-refractivity contribution < 1.29 is 9.47 Å². The lowest BCUT2D eigenvalue weighted by atomic mass is 10.2. The van der Waals surface area contributed by atoms with Crippen LogP contribution in [0.4, 0.5) is 0 Å². The Morgan fingerprint density at radius 2 is 2.41 bits per heavy atom. The van der Waals surface area contributed by atoms with Gasteiger partial charge in [-0.15, -0.1) is 0 Å². The van der Waals surface area contributed by atoms with Crippen molar-refractivity contribution in [2.24, 2.45) is 0 Å². The zero-order chi connectivity index (χ0) is 12.1. The second kappa shape index (κ2) is 6.24. The lowest BCUT2D eigenvalue weighted by Gasteiger charge is -2.23. The summed E-state index contributed by atoms with van der Waals surface area (Å²) >= 11 is 6.05. The molecule has 2 rings (SSSR count). The fraction of sp³-hybridized carbons (Fsp3) is 0.538. The van der Waals surface area contributed by atoms with Crippen LogP contribution in [-0.2, 0) is 4.74 Å². The monoisotopic (exact) mass is 255 g/mol. The van der Waals surface area contributed by atoms with Gasteiger partial charge in [0.15, 0.2) is 0 Å². The van der Waals surface area contributed by atoms with Gasteiger partial charge in [0.05, 0.1) is 24.8 Å². The van der Waals surface area contributed by atoms with Crippen LogP contribution in [0.3, 0.4) is 0 Å². The molecule has 1 saturated heterocycles. The number of hydrogen-bond donors (Lipinski definition) is 1. The highest BCUT2D eigenvalue weighted by Crippen LogP contribution is 2.25. The summed E-state index contributed by atoms with van der Waals surface area (Å²) in [5, 5.41) is 4.06. The van der Waals surface area contributed by atoms with E-state index in [9.17, 15) is 0 Å². The van der Waals surface area contributed by atoms with E-state index < -0.39 is 0 Å². The third-order valence-corrected chi connectivity index (χ3v) is 3.12. The highest BCUT2D eigenvalue weighted by Gasteiger charge is 2.12. The van der Waals surface area contributed by atoms with Gasteiger partial charge in [-0.05, 0) is 31.0 Å². The number of hydrogen-bond acceptors (Lipinski definition) is 3. The average Bonchev–Trinajstić information content (AvgIpc) is 2.35. The maximum Gasteiger partial charge on any atom is 0.138 e. The largest absolute Gasteiger partial charge is 0.492 e. The molecule has 0 saturated carbocycles. The summed E-state index contributed by atoms with van der Waals surface area (Å²) in [6, 6.07) is 6.21. The number of benzene rings is 1. The van der Waals surface area contributed by atoms with E-state index in [1.165, 1.54) is 0 Å². The zero-order valence-electron chi connectivity index (χ0n) is 10.0. The molecule has 0 aromatic heterocycles. The topological polar surface area (TPSA) is 30.5 Å². The molecule has 0 bridgehead atoms. The fourth-order valence-electron chi connectivity index (χ4n) is 1.84. The van der Waals surface area contributed by atoms with E-state index in [4.69, 9.17) is 21.1 Å². The highest BCUT2D eigenvalue weighted by atomic mass is 35.5. The number of aryl methyl sites for hydroxylation is 1. The number of ether oxygens (including phenoxy) is 2. The van der Waals surface area contributed by atoms with Crippen molar-refractivity contribution in [3.8, 4) is 5.75 Å². The Balaban J connectivity index is 1.79. The first-order chi connectivity index (χ1) is 8.25. The summed E-state index contributed by atoms with van der Waals surface area (Å²) < 4.78 is 11.1. The third-order valence-electron chi connectivity index (χ3n) is 2.81. The van der Waals surface area contributed by atoms with Crippen LogP contribution in [0.25, 0.3) is 0 Å². The lowest BCUT2D eigenvalue weighted by molar-refractivity contribution is 0.0691. The van der Waals surface area contributed by atoms with E-state index in [1.807, 2.05) is 25.1 Å². The van der Waals surface area contributed by atoms with E-state index in [0.717, 1.165) is 37.5 Å². The smallest absolute Gasteiger partial charge is 0.138 e. The average molecular weight is 256 g/mol. The summed E-state index contributed by atoms with van der Waals surface area (Å²) in [6.45, 7) is 5.19. The molecule has 4 heteroatoms. The molecule has 1 unspecified atom stereocenters. The summed E-state index contributed by atoms with van der Waals surface area (Å²) in [7, 11) is 0. The van der Waals surface area contributed by atoms with E-state index in [1.54, 1.807) is 0 Å². The highest BCUT2D eigenvalue weighted by molar-refractivity contribution is 6.32. The van der Waals surface area contributed by atoms with Crippen molar-refractivity contribution in [2.45, 2.75) is 19.4 Å². The molecule has 0 spiro atoms. The first kappa shape index (κ1) is 12.7. The number of morpholine rings is 1. The first-order valence-corrected chi connectivity index (χ1v) is 6.33. The Kier molecular flexibility index (Phi) is 4.66.